The van der Waals surface area contributed by atoms with Crippen molar-refractivity contribution in [2.24, 2.45) is 5.92 Å². The molecule has 0 bridgehead atoms. The molecule has 0 aromatic heterocycles. The van der Waals surface area contributed by atoms with Crippen molar-refractivity contribution in [2.75, 3.05) is 33.3 Å². The van der Waals surface area contributed by atoms with Gasteiger partial charge in [0.1, 0.15) is 11.6 Å². The summed E-state index contributed by atoms with van der Waals surface area (Å²) in [4.78, 5) is 17.2. The van der Waals surface area contributed by atoms with E-state index in [4.69, 9.17) is 4.74 Å². The number of hydrogen-bond acceptors (Lipinski definition) is 4. The van der Waals surface area contributed by atoms with Crippen LogP contribution >= 0.6 is 0 Å². The maximum atomic E-state index is 13.6. The third-order valence-corrected chi connectivity index (χ3v) is 6.48. The Bertz CT molecular complexity index is 661. The summed E-state index contributed by atoms with van der Waals surface area (Å²) >= 11 is 0. The quantitative estimate of drug-likeness (QED) is 0.878. The first-order chi connectivity index (χ1) is 13.1. The number of hydrogen-bond donors (Lipinski definition) is 1. The van der Waals surface area contributed by atoms with Crippen molar-refractivity contribution >= 4 is 5.91 Å². The molecule has 1 aromatic carbocycles. The average molecular weight is 375 g/mol. The number of carbonyl (C=O) groups is 1. The van der Waals surface area contributed by atoms with Gasteiger partial charge in [0.25, 0.3) is 0 Å². The van der Waals surface area contributed by atoms with Gasteiger partial charge in [-0.15, -0.1) is 0 Å². The van der Waals surface area contributed by atoms with Crippen LogP contribution in [0.25, 0.3) is 0 Å². The summed E-state index contributed by atoms with van der Waals surface area (Å²) in [6.45, 7) is 3.75. The van der Waals surface area contributed by atoms with Gasteiger partial charge in [0.15, 0.2) is 0 Å². The molecule has 3 aliphatic rings. The molecule has 0 radical (unpaired) electrons. The molecule has 2 heterocycles. The molecule has 148 valence electrons. The number of piperazine rings is 1. The Kier molecular flexibility index (Phi) is 5.64. The van der Waals surface area contributed by atoms with E-state index in [1.54, 1.807) is 19.2 Å². The lowest BCUT2D eigenvalue weighted by Gasteiger charge is -2.36. The molecule has 6 heteroatoms. The summed E-state index contributed by atoms with van der Waals surface area (Å²) in [5.41, 5.74) is 0.860. The summed E-state index contributed by atoms with van der Waals surface area (Å²) in [7, 11) is 1.61. The van der Waals surface area contributed by atoms with E-state index in [0.29, 0.717) is 24.3 Å². The molecule has 1 aromatic rings. The molecule has 2 saturated heterocycles. The first kappa shape index (κ1) is 18.7. The van der Waals surface area contributed by atoms with Gasteiger partial charge in [-0.05, 0) is 43.4 Å². The lowest BCUT2D eigenvalue weighted by Crippen LogP contribution is -2.53. The number of rotatable bonds is 4. The first-order valence-electron chi connectivity index (χ1n) is 10.2. The van der Waals surface area contributed by atoms with Crippen molar-refractivity contribution in [1.29, 1.82) is 0 Å². The van der Waals surface area contributed by atoms with Gasteiger partial charge in [0.2, 0.25) is 5.91 Å². The molecule has 3 fully saturated rings. The van der Waals surface area contributed by atoms with Gasteiger partial charge in [-0.2, -0.15) is 0 Å². The van der Waals surface area contributed by atoms with Crippen LogP contribution in [0.5, 0.6) is 5.75 Å². The van der Waals surface area contributed by atoms with Gasteiger partial charge in [-0.1, -0.05) is 12.8 Å². The molecule has 1 N–H and O–H groups in total. The number of amides is 1. The van der Waals surface area contributed by atoms with Crippen LogP contribution in [0, 0.1) is 11.7 Å². The zero-order valence-corrected chi connectivity index (χ0v) is 16.1. The van der Waals surface area contributed by atoms with Crippen LogP contribution in [0.2, 0.25) is 0 Å². The summed E-state index contributed by atoms with van der Waals surface area (Å²) < 4.78 is 18.9. The molecule has 5 nitrogen and oxygen atoms in total. The maximum Gasteiger partial charge on any atom is 0.239 e. The van der Waals surface area contributed by atoms with E-state index in [1.165, 1.54) is 31.7 Å². The predicted molar refractivity (Wildman–Crippen MR) is 102 cm³/mol. The zero-order chi connectivity index (χ0) is 18.8. The number of nitrogens with one attached hydrogen (secondary N) is 1. The molecule has 3 atom stereocenters. The standard InChI is InChI=1S/C21H30FN3O2/c1-27-20-7-6-17(22)12-16(20)14-24-8-10-25(11-9-24)21(26)19-13-15-4-2-3-5-18(15)23-19/h6-7,12,15,18-19,23H,2-5,8-11,13-14H2,1H3. The lowest BCUT2D eigenvalue weighted by atomic mass is 9.85. The Morgan fingerprint density at radius 2 is 2.00 bits per heavy atom. The van der Waals surface area contributed by atoms with E-state index in [2.05, 4.69) is 10.2 Å². The summed E-state index contributed by atoms with van der Waals surface area (Å²) in [6, 6.07) is 5.20. The molecule has 1 amide bonds. The fourth-order valence-corrected chi connectivity index (χ4v) is 4.97. The number of halogens is 1. The van der Waals surface area contributed by atoms with Crippen LogP contribution in [0.15, 0.2) is 18.2 Å². The van der Waals surface area contributed by atoms with E-state index in [0.717, 1.165) is 38.2 Å². The van der Waals surface area contributed by atoms with Crippen molar-refractivity contribution in [3.8, 4) is 5.75 Å². The fraction of sp³-hybridized carbons (Fsp3) is 0.667. The van der Waals surface area contributed by atoms with Crippen molar-refractivity contribution in [3.63, 3.8) is 0 Å². The summed E-state index contributed by atoms with van der Waals surface area (Å²) in [5.74, 6) is 1.43. The van der Waals surface area contributed by atoms with Crippen molar-refractivity contribution in [2.45, 2.75) is 50.7 Å². The van der Waals surface area contributed by atoms with Crippen molar-refractivity contribution in [3.05, 3.63) is 29.6 Å². The minimum atomic E-state index is -0.242. The second-order valence-electron chi connectivity index (χ2n) is 8.16. The highest BCUT2D eigenvalue weighted by molar-refractivity contribution is 5.82. The lowest BCUT2D eigenvalue weighted by molar-refractivity contribution is -0.135. The zero-order valence-electron chi connectivity index (χ0n) is 16.1. The van der Waals surface area contributed by atoms with E-state index in [9.17, 15) is 9.18 Å². The van der Waals surface area contributed by atoms with Gasteiger partial charge < -0.3 is 15.0 Å². The number of benzene rings is 1. The Morgan fingerprint density at radius 3 is 2.74 bits per heavy atom. The van der Waals surface area contributed by atoms with Crippen LogP contribution in [0.4, 0.5) is 4.39 Å². The number of fused-ring (bicyclic) bond motifs is 1. The minimum Gasteiger partial charge on any atom is -0.496 e. The predicted octanol–water partition coefficient (Wildman–Crippen LogP) is 2.40. The topological polar surface area (TPSA) is 44.8 Å². The monoisotopic (exact) mass is 375 g/mol. The van der Waals surface area contributed by atoms with Crippen LogP contribution in [0.3, 0.4) is 0 Å². The highest BCUT2D eigenvalue weighted by atomic mass is 19.1. The van der Waals surface area contributed by atoms with E-state index in [1.807, 2.05) is 4.90 Å². The summed E-state index contributed by atoms with van der Waals surface area (Å²) in [6.07, 6.45) is 6.09. The van der Waals surface area contributed by atoms with Crippen LogP contribution in [-0.2, 0) is 11.3 Å². The first-order valence-corrected chi connectivity index (χ1v) is 10.2. The molecule has 0 spiro atoms. The highest BCUT2D eigenvalue weighted by Crippen LogP contribution is 2.33. The van der Waals surface area contributed by atoms with E-state index < -0.39 is 0 Å². The van der Waals surface area contributed by atoms with Crippen LogP contribution in [0.1, 0.15) is 37.7 Å². The molecule has 1 aliphatic carbocycles. The van der Waals surface area contributed by atoms with Gasteiger partial charge in [0, 0.05) is 44.3 Å². The van der Waals surface area contributed by atoms with Crippen LogP contribution in [-0.4, -0.2) is 61.1 Å². The average Bonchev–Trinajstić information content (AvgIpc) is 3.12. The second-order valence-corrected chi connectivity index (χ2v) is 8.16. The molecule has 27 heavy (non-hydrogen) atoms. The number of methoxy groups -OCH3 is 1. The normalized spacial score (nSPS) is 28.8. The van der Waals surface area contributed by atoms with Gasteiger partial charge in [0.05, 0.1) is 13.2 Å². The SMILES string of the molecule is COc1ccc(F)cc1CN1CCN(C(=O)C2CC3CCCCC3N2)CC1. The van der Waals surface area contributed by atoms with Gasteiger partial charge in [-0.25, -0.2) is 4.39 Å². The van der Waals surface area contributed by atoms with E-state index >= 15 is 0 Å². The highest BCUT2D eigenvalue weighted by Gasteiger charge is 2.40. The van der Waals surface area contributed by atoms with Crippen molar-refractivity contribution < 1.29 is 13.9 Å². The molecule has 3 unspecified atom stereocenters. The smallest absolute Gasteiger partial charge is 0.239 e. The Labute approximate surface area is 160 Å². The number of carbonyl (C=O) groups excluding carboxylic acids is 1. The van der Waals surface area contributed by atoms with Crippen LogP contribution < -0.4 is 10.1 Å². The third-order valence-electron chi connectivity index (χ3n) is 6.48. The largest absolute Gasteiger partial charge is 0.496 e. The number of nitrogens with zero attached hydrogens (tertiary/aromatic N) is 2. The van der Waals surface area contributed by atoms with Gasteiger partial charge >= 0.3 is 0 Å². The minimum absolute atomic E-state index is 0.00737. The Hall–Kier alpha value is -1.66. The van der Waals surface area contributed by atoms with Gasteiger partial charge in [-0.3, -0.25) is 9.69 Å². The number of ether oxygens (including phenoxy) is 1. The Balaban J connectivity index is 1.30. The molecular formula is C21H30FN3O2. The molecule has 1 saturated carbocycles. The fourth-order valence-electron chi connectivity index (χ4n) is 4.97. The summed E-state index contributed by atoms with van der Waals surface area (Å²) in [5, 5.41) is 3.60. The Morgan fingerprint density at radius 1 is 1.22 bits per heavy atom. The molecule has 4 rings (SSSR count). The third kappa shape index (κ3) is 4.11. The van der Waals surface area contributed by atoms with Crippen molar-refractivity contribution in [1.82, 2.24) is 15.1 Å². The molecule has 2 aliphatic heterocycles. The second kappa shape index (κ2) is 8.15. The maximum absolute atomic E-state index is 13.6. The molecular weight excluding hydrogens is 345 g/mol. The van der Waals surface area contributed by atoms with E-state index in [-0.39, 0.29) is 17.8 Å².